The van der Waals surface area contributed by atoms with Crippen molar-refractivity contribution in [2.75, 3.05) is 0 Å². The maximum Gasteiger partial charge on any atom is 0.320 e. The molecule has 5 heteroatoms. The van der Waals surface area contributed by atoms with Gasteiger partial charge in [0.15, 0.2) is 0 Å². The number of nitrogens with two attached hydrogens (primary N) is 1. The number of carboxylic acids is 1. The molecule has 1 aliphatic carbocycles. The number of hydrogen-bond acceptors (Lipinski definition) is 4. The average molecular weight is 381 g/mol. The van der Waals surface area contributed by atoms with Gasteiger partial charge in [-0.1, -0.05) is 61.7 Å². The Morgan fingerprint density at radius 3 is 2.57 bits per heavy atom. The summed E-state index contributed by atoms with van der Waals surface area (Å²) in [5.41, 5.74) is 11.6. The molecular weight excluding hydrogens is 354 g/mol. The third-order valence-corrected chi connectivity index (χ3v) is 5.30. The number of carbonyl (C=O) groups excluding carboxylic acids is 1. The lowest BCUT2D eigenvalue weighted by Crippen LogP contribution is -2.29. The van der Waals surface area contributed by atoms with Crippen LogP contribution in [-0.4, -0.2) is 23.1 Å². The Kier molecular flexibility index (Phi) is 6.82. The maximum atomic E-state index is 12.0. The van der Waals surface area contributed by atoms with Crippen molar-refractivity contribution >= 4 is 11.9 Å². The number of carbonyl (C=O) groups is 2. The van der Waals surface area contributed by atoms with E-state index in [1.54, 1.807) is 0 Å². The standard InChI is InChI=1S/C23H27NO4/c24-21(23(26)27)12-3-1-2-4-13-22(25)28-15-17-9-7-11-19-18-10-6-5-8-16(18)14-20(17)19/h5-11,21H,1-4,12-15,24H2,(H,26,27). The predicted octanol–water partition coefficient (Wildman–Crippen LogP) is 4.05. The SMILES string of the molecule is NC(CCCCCCC(=O)OCc1cccc2c1Cc1ccccc1-2)C(=O)O. The van der Waals surface area contributed by atoms with Crippen molar-refractivity contribution < 1.29 is 19.4 Å². The first-order chi connectivity index (χ1) is 13.6. The van der Waals surface area contributed by atoms with Crippen LogP contribution in [0.2, 0.25) is 0 Å². The summed E-state index contributed by atoms with van der Waals surface area (Å²) in [6.45, 7) is 0.309. The topological polar surface area (TPSA) is 89.6 Å². The zero-order chi connectivity index (χ0) is 19.9. The zero-order valence-electron chi connectivity index (χ0n) is 16.0. The molecule has 0 amide bonds. The fraction of sp³-hybridized carbons (Fsp3) is 0.391. The average Bonchev–Trinajstić information content (AvgIpc) is 3.08. The van der Waals surface area contributed by atoms with Crippen LogP contribution in [0.25, 0.3) is 11.1 Å². The first kappa shape index (κ1) is 20.1. The van der Waals surface area contributed by atoms with Gasteiger partial charge in [0.05, 0.1) is 0 Å². The van der Waals surface area contributed by atoms with Crippen LogP contribution in [0.4, 0.5) is 0 Å². The quantitative estimate of drug-likeness (QED) is 0.408. The highest BCUT2D eigenvalue weighted by atomic mass is 16.5. The lowest BCUT2D eigenvalue weighted by Gasteiger charge is -2.10. The third kappa shape index (κ3) is 4.98. The molecule has 0 aromatic heterocycles. The molecule has 2 aromatic carbocycles. The Morgan fingerprint density at radius 2 is 1.75 bits per heavy atom. The van der Waals surface area contributed by atoms with E-state index in [-0.39, 0.29) is 5.97 Å². The highest BCUT2D eigenvalue weighted by molar-refractivity contribution is 5.78. The summed E-state index contributed by atoms with van der Waals surface area (Å²) in [5, 5.41) is 8.73. The number of unbranched alkanes of at least 4 members (excludes halogenated alkanes) is 3. The summed E-state index contributed by atoms with van der Waals surface area (Å²) in [6, 6.07) is 13.8. The van der Waals surface area contributed by atoms with Crippen LogP contribution in [-0.2, 0) is 27.4 Å². The van der Waals surface area contributed by atoms with Gasteiger partial charge in [0, 0.05) is 6.42 Å². The van der Waals surface area contributed by atoms with Crippen molar-refractivity contribution in [1.82, 2.24) is 0 Å². The first-order valence-electron chi connectivity index (χ1n) is 9.89. The van der Waals surface area contributed by atoms with E-state index < -0.39 is 12.0 Å². The number of aliphatic carboxylic acids is 1. The van der Waals surface area contributed by atoms with Gasteiger partial charge in [0.1, 0.15) is 12.6 Å². The first-order valence-corrected chi connectivity index (χ1v) is 9.89. The van der Waals surface area contributed by atoms with Crippen LogP contribution in [0.1, 0.15) is 55.2 Å². The summed E-state index contributed by atoms with van der Waals surface area (Å²) in [4.78, 5) is 22.7. The number of hydrogen-bond donors (Lipinski definition) is 2. The minimum atomic E-state index is -0.959. The van der Waals surface area contributed by atoms with E-state index >= 15 is 0 Å². The Hall–Kier alpha value is -2.66. The molecule has 28 heavy (non-hydrogen) atoms. The number of fused-ring (bicyclic) bond motifs is 3. The van der Waals surface area contributed by atoms with E-state index in [1.807, 2.05) is 12.1 Å². The van der Waals surface area contributed by atoms with Crippen molar-refractivity contribution in [2.45, 2.75) is 57.6 Å². The third-order valence-electron chi connectivity index (χ3n) is 5.30. The van der Waals surface area contributed by atoms with Gasteiger partial charge in [-0.05, 0) is 47.1 Å². The Morgan fingerprint density at radius 1 is 1.00 bits per heavy atom. The highest BCUT2D eigenvalue weighted by Gasteiger charge is 2.20. The van der Waals surface area contributed by atoms with Gasteiger partial charge in [0.25, 0.3) is 0 Å². The normalized spacial score (nSPS) is 12.9. The summed E-state index contributed by atoms with van der Waals surface area (Å²) in [5.74, 6) is -1.14. The molecule has 3 N–H and O–H groups in total. The van der Waals surface area contributed by atoms with Gasteiger partial charge in [0.2, 0.25) is 0 Å². The molecule has 0 radical (unpaired) electrons. The number of rotatable bonds is 10. The van der Waals surface area contributed by atoms with E-state index in [1.165, 1.54) is 22.3 Å². The van der Waals surface area contributed by atoms with E-state index in [2.05, 4.69) is 30.3 Å². The molecule has 0 saturated carbocycles. The minimum Gasteiger partial charge on any atom is -0.480 e. The molecule has 1 atom stereocenters. The smallest absolute Gasteiger partial charge is 0.320 e. The van der Waals surface area contributed by atoms with Crippen molar-refractivity contribution in [3.63, 3.8) is 0 Å². The van der Waals surface area contributed by atoms with Gasteiger partial charge in [-0.25, -0.2) is 0 Å². The van der Waals surface area contributed by atoms with Gasteiger partial charge in [-0.3, -0.25) is 9.59 Å². The zero-order valence-corrected chi connectivity index (χ0v) is 16.0. The van der Waals surface area contributed by atoms with Crippen molar-refractivity contribution in [1.29, 1.82) is 0 Å². The van der Waals surface area contributed by atoms with Crippen LogP contribution >= 0.6 is 0 Å². The van der Waals surface area contributed by atoms with Crippen LogP contribution in [0, 0.1) is 0 Å². The van der Waals surface area contributed by atoms with Crippen molar-refractivity contribution in [3.05, 3.63) is 59.2 Å². The van der Waals surface area contributed by atoms with Gasteiger partial charge < -0.3 is 15.6 Å². The molecule has 0 spiro atoms. The Balaban J connectivity index is 1.40. The maximum absolute atomic E-state index is 12.0. The predicted molar refractivity (Wildman–Crippen MR) is 108 cm³/mol. The van der Waals surface area contributed by atoms with E-state index in [0.717, 1.165) is 37.7 Å². The highest BCUT2D eigenvalue weighted by Crippen LogP contribution is 2.38. The minimum absolute atomic E-state index is 0.185. The Bertz CT molecular complexity index is 846. The fourth-order valence-electron chi connectivity index (χ4n) is 3.70. The van der Waals surface area contributed by atoms with E-state index in [0.29, 0.717) is 19.4 Å². The van der Waals surface area contributed by atoms with Crippen LogP contribution in [0.15, 0.2) is 42.5 Å². The van der Waals surface area contributed by atoms with Crippen molar-refractivity contribution in [3.8, 4) is 11.1 Å². The van der Waals surface area contributed by atoms with E-state index in [9.17, 15) is 9.59 Å². The molecular formula is C23H27NO4. The van der Waals surface area contributed by atoms with Crippen LogP contribution in [0.5, 0.6) is 0 Å². The monoisotopic (exact) mass is 381 g/mol. The molecule has 148 valence electrons. The molecule has 1 unspecified atom stereocenters. The molecule has 5 nitrogen and oxygen atoms in total. The number of carboxylic acid groups (broad SMARTS) is 1. The second kappa shape index (κ2) is 9.51. The molecule has 2 aromatic rings. The molecule has 0 heterocycles. The van der Waals surface area contributed by atoms with Crippen LogP contribution < -0.4 is 5.73 Å². The summed E-state index contributed by atoms with van der Waals surface area (Å²) in [7, 11) is 0. The molecule has 0 aliphatic heterocycles. The van der Waals surface area contributed by atoms with Gasteiger partial charge >= 0.3 is 11.9 Å². The van der Waals surface area contributed by atoms with Crippen molar-refractivity contribution in [2.24, 2.45) is 5.73 Å². The Labute approximate surface area is 165 Å². The number of esters is 1. The lowest BCUT2D eigenvalue weighted by molar-refractivity contribution is -0.145. The molecule has 3 rings (SSSR count). The second-order valence-electron chi connectivity index (χ2n) is 7.34. The molecule has 0 bridgehead atoms. The number of ether oxygens (including phenoxy) is 1. The largest absolute Gasteiger partial charge is 0.480 e. The second-order valence-corrected chi connectivity index (χ2v) is 7.34. The van der Waals surface area contributed by atoms with Gasteiger partial charge in [-0.2, -0.15) is 0 Å². The molecule has 0 saturated heterocycles. The lowest BCUT2D eigenvalue weighted by atomic mass is 10.0. The van der Waals surface area contributed by atoms with Gasteiger partial charge in [-0.15, -0.1) is 0 Å². The summed E-state index contributed by atoms with van der Waals surface area (Å²) in [6.07, 6.45) is 5.01. The number of benzene rings is 2. The summed E-state index contributed by atoms with van der Waals surface area (Å²) >= 11 is 0. The van der Waals surface area contributed by atoms with E-state index in [4.69, 9.17) is 15.6 Å². The molecule has 0 fully saturated rings. The summed E-state index contributed by atoms with van der Waals surface area (Å²) < 4.78 is 5.49. The molecule has 1 aliphatic rings. The van der Waals surface area contributed by atoms with Crippen LogP contribution in [0.3, 0.4) is 0 Å². The fourth-order valence-corrected chi connectivity index (χ4v) is 3.70.